The monoisotopic (exact) mass is 274 g/mol. The Morgan fingerprint density at radius 3 is 2.88 bits per heavy atom. The molecule has 1 aromatic rings. The number of nitrogens with one attached hydrogen (secondary N) is 2. The number of rotatable bonds is 6. The highest BCUT2D eigenvalue weighted by Gasteiger charge is 2.02. The predicted octanol–water partition coefficient (Wildman–Crippen LogP) is 1.54. The lowest BCUT2D eigenvalue weighted by Crippen LogP contribution is -2.27. The summed E-state index contributed by atoms with van der Waals surface area (Å²) >= 11 is 3.24. The van der Waals surface area contributed by atoms with Crippen LogP contribution in [0.4, 0.5) is 4.79 Å². The molecule has 0 radical (unpaired) electrons. The quantitative estimate of drug-likeness (QED) is 0.610. The molecule has 96 valence electrons. The Morgan fingerprint density at radius 2 is 2.29 bits per heavy atom. The first-order valence-electron chi connectivity index (χ1n) is 5.29. The van der Waals surface area contributed by atoms with Gasteiger partial charge in [0.05, 0.1) is 11.4 Å². The molecule has 1 heterocycles. The third-order valence-corrected chi connectivity index (χ3v) is 4.00. The topological polar surface area (TPSA) is 59.0 Å². The summed E-state index contributed by atoms with van der Waals surface area (Å²) in [5, 5.41) is 2.50. The molecule has 0 aliphatic carbocycles. The standard InChI is InChI=1S/C10H18N4OS2/c1-8-6-14(3)9(12-8)7-16-4-5-17-13-10(15)11-2/h6H,4-5,7H2,1-3H3,(H2,11,13,15). The molecule has 2 amide bonds. The maximum absolute atomic E-state index is 10.9. The molecule has 7 heteroatoms. The zero-order valence-electron chi connectivity index (χ0n) is 10.3. The van der Waals surface area contributed by atoms with Crippen LogP contribution in [0.25, 0.3) is 0 Å². The second-order valence-corrected chi connectivity index (χ2v) is 5.50. The zero-order valence-corrected chi connectivity index (χ0v) is 12.0. The van der Waals surface area contributed by atoms with Crippen molar-refractivity contribution in [1.29, 1.82) is 0 Å². The van der Waals surface area contributed by atoms with E-state index in [0.29, 0.717) is 0 Å². The van der Waals surface area contributed by atoms with Gasteiger partial charge in [-0.05, 0) is 18.9 Å². The average Bonchev–Trinajstić information content (AvgIpc) is 2.62. The van der Waals surface area contributed by atoms with Crippen LogP contribution in [0.3, 0.4) is 0 Å². The summed E-state index contributed by atoms with van der Waals surface area (Å²) in [6.07, 6.45) is 2.03. The number of hydrogen-bond acceptors (Lipinski definition) is 4. The fourth-order valence-electron chi connectivity index (χ4n) is 1.23. The summed E-state index contributed by atoms with van der Waals surface area (Å²) in [4.78, 5) is 15.3. The van der Waals surface area contributed by atoms with Crippen LogP contribution in [-0.4, -0.2) is 34.1 Å². The van der Waals surface area contributed by atoms with Gasteiger partial charge in [-0.1, -0.05) is 0 Å². The molecule has 0 saturated carbocycles. The Bertz CT molecular complexity index is 367. The average molecular weight is 274 g/mol. The number of aryl methyl sites for hydroxylation is 2. The van der Waals surface area contributed by atoms with Gasteiger partial charge in [0, 0.05) is 31.8 Å². The number of amides is 2. The Balaban J connectivity index is 2.08. The first kappa shape index (κ1) is 14.2. The molecular weight excluding hydrogens is 256 g/mol. The molecule has 0 saturated heterocycles. The summed E-state index contributed by atoms with van der Waals surface area (Å²) in [6.45, 7) is 2.00. The molecule has 0 atom stereocenters. The molecule has 1 aromatic heterocycles. The zero-order chi connectivity index (χ0) is 12.7. The van der Waals surface area contributed by atoms with Gasteiger partial charge in [-0.15, -0.1) is 0 Å². The fraction of sp³-hybridized carbons (Fsp3) is 0.600. The van der Waals surface area contributed by atoms with E-state index in [0.717, 1.165) is 28.8 Å². The highest BCUT2D eigenvalue weighted by Crippen LogP contribution is 2.12. The van der Waals surface area contributed by atoms with Crippen LogP contribution in [0, 0.1) is 6.92 Å². The van der Waals surface area contributed by atoms with Crippen LogP contribution in [0.5, 0.6) is 0 Å². The first-order valence-corrected chi connectivity index (χ1v) is 7.43. The van der Waals surface area contributed by atoms with Crippen molar-refractivity contribution >= 4 is 29.7 Å². The minimum atomic E-state index is -0.153. The van der Waals surface area contributed by atoms with Crippen LogP contribution in [-0.2, 0) is 12.8 Å². The van der Waals surface area contributed by atoms with Crippen molar-refractivity contribution in [1.82, 2.24) is 19.6 Å². The molecule has 0 bridgehead atoms. The van der Waals surface area contributed by atoms with E-state index in [2.05, 4.69) is 19.6 Å². The predicted molar refractivity (Wildman–Crippen MR) is 74.2 cm³/mol. The molecule has 0 unspecified atom stereocenters. The second kappa shape index (κ2) is 7.50. The molecular formula is C10H18N4OS2. The van der Waals surface area contributed by atoms with Crippen molar-refractivity contribution in [3.63, 3.8) is 0 Å². The number of carbonyl (C=O) groups excluding carboxylic acids is 1. The molecule has 0 aliphatic rings. The summed E-state index contributed by atoms with van der Waals surface area (Å²) in [7, 11) is 3.62. The molecule has 0 aliphatic heterocycles. The van der Waals surface area contributed by atoms with Crippen molar-refractivity contribution in [3.05, 3.63) is 17.7 Å². The molecule has 0 fully saturated rings. The molecule has 17 heavy (non-hydrogen) atoms. The SMILES string of the molecule is CNC(=O)NSCCSCc1nc(C)cn1C. The molecule has 2 N–H and O–H groups in total. The van der Waals surface area contributed by atoms with Crippen LogP contribution >= 0.6 is 23.7 Å². The number of thioether (sulfide) groups is 1. The van der Waals surface area contributed by atoms with Gasteiger partial charge in [-0.25, -0.2) is 9.78 Å². The van der Waals surface area contributed by atoms with E-state index < -0.39 is 0 Å². The van der Waals surface area contributed by atoms with Crippen molar-refractivity contribution in [2.45, 2.75) is 12.7 Å². The van der Waals surface area contributed by atoms with Crippen LogP contribution in [0.2, 0.25) is 0 Å². The van der Waals surface area contributed by atoms with Crippen molar-refractivity contribution in [2.75, 3.05) is 18.6 Å². The Morgan fingerprint density at radius 1 is 1.53 bits per heavy atom. The summed E-state index contributed by atoms with van der Waals surface area (Å²) in [5.74, 6) is 3.88. The van der Waals surface area contributed by atoms with Gasteiger partial charge in [0.1, 0.15) is 5.82 Å². The van der Waals surface area contributed by atoms with E-state index >= 15 is 0 Å². The van der Waals surface area contributed by atoms with Gasteiger partial charge in [-0.2, -0.15) is 11.8 Å². The summed E-state index contributed by atoms with van der Waals surface area (Å²) in [5.41, 5.74) is 1.05. The van der Waals surface area contributed by atoms with Crippen molar-refractivity contribution in [3.8, 4) is 0 Å². The minimum absolute atomic E-state index is 0.153. The Labute approximate surface area is 110 Å². The number of imidazole rings is 1. The van der Waals surface area contributed by atoms with E-state index in [9.17, 15) is 4.79 Å². The minimum Gasteiger partial charge on any atom is -0.341 e. The van der Waals surface area contributed by atoms with Crippen molar-refractivity contribution in [2.24, 2.45) is 7.05 Å². The lowest BCUT2D eigenvalue weighted by Gasteiger charge is -2.03. The summed E-state index contributed by atoms with van der Waals surface area (Å²) < 4.78 is 4.73. The normalized spacial score (nSPS) is 10.3. The largest absolute Gasteiger partial charge is 0.341 e. The number of nitrogens with zero attached hydrogens (tertiary/aromatic N) is 2. The third kappa shape index (κ3) is 5.36. The first-order chi connectivity index (χ1) is 8.13. The van der Waals surface area contributed by atoms with Crippen LogP contribution in [0.1, 0.15) is 11.5 Å². The Kier molecular flexibility index (Phi) is 6.28. The van der Waals surface area contributed by atoms with Crippen LogP contribution in [0.15, 0.2) is 6.20 Å². The smallest absolute Gasteiger partial charge is 0.324 e. The highest BCUT2D eigenvalue weighted by atomic mass is 32.2. The van der Waals surface area contributed by atoms with Gasteiger partial charge in [-0.3, -0.25) is 4.72 Å². The van der Waals surface area contributed by atoms with Gasteiger partial charge in [0.25, 0.3) is 0 Å². The van der Waals surface area contributed by atoms with E-state index in [1.54, 1.807) is 7.05 Å². The van der Waals surface area contributed by atoms with E-state index in [1.807, 2.05) is 31.9 Å². The lowest BCUT2D eigenvalue weighted by atomic mass is 10.6. The highest BCUT2D eigenvalue weighted by molar-refractivity contribution is 8.01. The van der Waals surface area contributed by atoms with Crippen molar-refractivity contribution < 1.29 is 4.79 Å². The van der Waals surface area contributed by atoms with Gasteiger partial charge in [0.2, 0.25) is 0 Å². The molecule has 1 rings (SSSR count). The number of urea groups is 1. The van der Waals surface area contributed by atoms with Gasteiger partial charge >= 0.3 is 6.03 Å². The summed E-state index contributed by atoms with van der Waals surface area (Å²) in [6, 6.07) is -0.153. The third-order valence-electron chi connectivity index (χ3n) is 2.05. The number of hydrogen-bond donors (Lipinski definition) is 2. The maximum Gasteiger partial charge on any atom is 0.324 e. The second-order valence-electron chi connectivity index (χ2n) is 3.49. The molecule has 5 nitrogen and oxygen atoms in total. The fourth-order valence-corrected chi connectivity index (χ4v) is 2.97. The van der Waals surface area contributed by atoms with Gasteiger partial charge < -0.3 is 9.88 Å². The number of aromatic nitrogens is 2. The van der Waals surface area contributed by atoms with E-state index in [-0.39, 0.29) is 6.03 Å². The van der Waals surface area contributed by atoms with E-state index in [4.69, 9.17) is 0 Å². The van der Waals surface area contributed by atoms with Crippen LogP contribution < -0.4 is 10.0 Å². The molecule has 0 spiro atoms. The maximum atomic E-state index is 10.9. The molecule has 0 aromatic carbocycles. The lowest BCUT2D eigenvalue weighted by molar-refractivity contribution is 0.248. The van der Waals surface area contributed by atoms with Gasteiger partial charge in [0.15, 0.2) is 0 Å². The Hall–Kier alpha value is -0.820. The number of carbonyl (C=O) groups is 1. The van der Waals surface area contributed by atoms with E-state index in [1.165, 1.54) is 11.9 Å².